The molecule has 2 rings (SSSR count). The van der Waals surface area contributed by atoms with Gasteiger partial charge in [-0.15, -0.1) is 11.3 Å². The molecule has 98 valence electrons. The first-order chi connectivity index (χ1) is 8.62. The second-order valence-electron chi connectivity index (χ2n) is 5.17. The summed E-state index contributed by atoms with van der Waals surface area (Å²) in [7, 11) is 0. The molecule has 0 amide bonds. The molecule has 0 aliphatic carbocycles. The molecule has 2 aromatic rings. The fourth-order valence-corrected chi connectivity index (χ4v) is 2.79. The van der Waals surface area contributed by atoms with Crippen LogP contribution in [0.2, 0.25) is 0 Å². The van der Waals surface area contributed by atoms with E-state index in [4.69, 9.17) is 0 Å². The summed E-state index contributed by atoms with van der Waals surface area (Å²) in [6.07, 6.45) is 4.04. The number of aryl methyl sites for hydroxylation is 1. The summed E-state index contributed by atoms with van der Waals surface area (Å²) in [5.74, 6) is 0. The Morgan fingerprint density at radius 3 is 2.89 bits per heavy atom. The zero-order valence-electron chi connectivity index (χ0n) is 11.3. The summed E-state index contributed by atoms with van der Waals surface area (Å²) in [5.41, 5.74) is 1.44. The van der Waals surface area contributed by atoms with E-state index in [1.54, 1.807) is 0 Å². The molecule has 0 bridgehead atoms. The van der Waals surface area contributed by atoms with Gasteiger partial charge in [0.05, 0.1) is 6.20 Å². The fraction of sp³-hybridized carbons (Fsp3) is 0.500. The lowest BCUT2D eigenvalue weighted by atomic mass is 9.91. The van der Waals surface area contributed by atoms with Crippen molar-refractivity contribution in [1.82, 2.24) is 15.1 Å². The maximum atomic E-state index is 4.28. The molecule has 0 aliphatic heterocycles. The highest BCUT2D eigenvalue weighted by atomic mass is 32.1. The lowest BCUT2D eigenvalue weighted by Gasteiger charge is -2.23. The van der Waals surface area contributed by atoms with Gasteiger partial charge >= 0.3 is 0 Å². The van der Waals surface area contributed by atoms with Gasteiger partial charge in [-0.2, -0.15) is 5.10 Å². The topological polar surface area (TPSA) is 29.9 Å². The molecule has 18 heavy (non-hydrogen) atoms. The van der Waals surface area contributed by atoms with Crippen LogP contribution >= 0.6 is 11.3 Å². The van der Waals surface area contributed by atoms with E-state index in [1.165, 1.54) is 10.4 Å². The molecular weight excluding hydrogens is 242 g/mol. The summed E-state index contributed by atoms with van der Waals surface area (Å²) < 4.78 is 1.96. The number of hydrogen-bond acceptors (Lipinski definition) is 3. The monoisotopic (exact) mass is 263 g/mol. The molecule has 0 aliphatic rings. The van der Waals surface area contributed by atoms with Gasteiger partial charge in [0.2, 0.25) is 0 Å². The third-order valence-electron chi connectivity index (χ3n) is 3.09. The third-order valence-corrected chi connectivity index (χ3v) is 4.33. The Morgan fingerprint density at radius 1 is 1.44 bits per heavy atom. The number of nitrogens with one attached hydrogen (secondary N) is 1. The van der Waals surface area contributed by atoms with E-state index >= 15 is 0 Å². The van der Waals surface area contributed by atoms with E-state index in [1.807, 2.05) is 22.2 Å². The van der Waals surface area contributed by atoms with Crippen LogP contribution in [0.3, 0.4) is 0 Å². The van der Waals surface area contributed by atoms with Gasteiger partial charge in [0, 0.05) is 41.7 Å². The van der Waals surface area contributed by atoms with Crippen molar-refractivity contribution >= 4 is 11.3 Å². The number of hydrogen-bond donors (Lipinski definition) is 1. The van der Waals surface area contributed by atoms with Gasteiger partial charge < -0.3 is 5.32 Å². The van der Waals surface area contributed by atoms with Crippen LogP contribution in [-0.4, -0.2) is 16.3 Å². The van der Waals surface area contributed by atoms with Crippen molar-refractivity contribution in [2.75, 3.05) is 6.54 Å². The predicted octanol–water partition coefficient (Wildman–Crippen LogP) is 3.03. The van der Waals surface area contributed by atoms with Crippen LogP contribution in [0.25, 0.3) is 0 Å². The molecule has 4 heteroatoms. The zero-order valence-corrected chi connectivity index (χ0v) is 12.1. The number of thiophene rings is 1. The van der Waals surface area contributed by atoms with Crippen LogP contribution in [0.4, 0.5) is 0 Å². The minimum Gasteiger partial charge on any atom is -0.312 e. The number of rotatable bonds is 6. The normalized spacial score (nSPS) is 11.9. The summed E-state index contributed by atoms with van der Waals surface area (Å²) in [6.45, 7) is 9.45. The lowest BCUT2D eigenvalue weighted by molar-refractivity contribution is 0.476. The van der Waals surface area contributed by atoms with E-state index < -0.39 is 0 Å². The molecule has 2 heterocycles. The maximum absolute atomic E-state index is 4.28. The second kappa shape index (κ2) is 5.67. The van der Waals surface area contributed by atoms with Crippen LogP contribution in [0.15, 0.2) is 29.9 Å². The molecule has 0 atom stereocenters. The van der Waals surface area contributed by atoms with E-state index in [0.717, 1.165) is 19.6 Å². The van der Waals surface area contributed by atoms with Gasteiger partial charge in [-0.3, -0.25) is 4.68 Å². The van der Waals surface area contributed by atoms with Gasteiger partial charge in [-0.05, 0) is 18.4 Å². The minimum atomic E-state index is 0.189. The first-order valence-electron chi connectivity index (χ1n) is 6.38. The number of nitrogens with zero attached hydrogens (tertiary/aromatic N) is 2. The molecule has 0 spiro atoms. The Balaban J connectivity index is 1.85. The highest BCUT2D eigenvalue weighted by Crippen LogP contribution is 2.26. The Labute approximate surface area is 113 Å². The summed E-state index contributed by atoms with van der Waals surface area (Å²) >= 11 is 1.83. The van der Waals surface area contributed by atoms with Crippen LogP contribution in [-0.2, 0) is 18.5 Å². The average molecular weight is 263 g/mol. The van der Waals surface area contributed by atoms with Gasteiger partial charge in [0.25, 0.3) is 0 Å². The predicted molar refractivity (Wildman–Crippen MR) is 77.0 cm³/mol. The van der Waals surface area contributed by atoms with Crippen molar-refractivity contribution in [3.05, 3.63) is 40.3 Å². The minimum absolute atomic E-state index is 0.189. The van der Waals surface area contributed by atoms with E-state index in [-0.39, 0.29) is 5.41 Å². The average Bonchev–Trinajstić information content (AvgIpc) is 3.00. The SMILES string of the molecule is CCn1cc(CNCC(C)(C)c2cccs2)cn1. The molecule has 0 aromatic carbocycles. The largest absolute Gasteiger partial charge is 0.312 e. The van der Waals surface area contributed by atoms with Crippen molar-refractivity contribution in [2.45, 2.75) is 39.3 Å². The van der Waals surface area contributed by atoms with Gasteiger partial charge in [-0.25, -0.2) is 0 Å². The Hall–Kier alpha value is -1.13. The summed E-state index contributed by atoms with van der Waals surface area (Å²) in [4.78, 5) is 1.43. The molecule has 0 radical (unpaired) electrons. The lowest BCUT2D eigenvalue weighted by Crippen LogP contribution is -2.31. The van der Waals surface area contributed by atoms with E-state index in [2.05, 4.69) is 54.9 Å². The van der Waals surface area contributed by atoms with Gasteiger partial charge in [0.15, 0.2) is 0 Å². The van der Waals surface area contributed by atoms with E-state index in [0.29, 0.717) is 0 Å². The van der Waals surface area contributed by atoms with Crippen molar-refractivity contribution in [2.24, 2.45) is 0 Å². The maximum Gasteiger partial charge on any atom is 0.0534 e. The van der Waals surface area contributed by atoms with Crippen LogP contribution < -0.4 is 5.32 Å². The highest BCUT2D eigenvalue weighted by Gasteiger charge is 2.20. The quantitative estimate of drug-likeness (QED) is 0.868. The second-order valence-corrected chi connectivity index (χ2v) is 6.12. The summed E-state index contributed by atoms with van der Waals surface area (Å²) in [6, 6.07) is 4.33. The zero-order chi connectivity index (χ0) is 13.0. The molecule has 0 unspecified atom stereocenters. The third kappa shape index (κ3) is 3.21. The molecule has 0 saturated heterocycles. The summed E-state index contributed by atoms with van der Waals surface area (Å²) in [5, 5.41) is 9.94. The van der Waals surface area contributed by atoms with Crippen LogP contribution in [0.1, 0.15) is 31.2 Å². The Morgan fingerprint density at radius 2 is 2.28 bits per heavy atom. The van der Waals surface area contributed by atoms with Crippen molar-refractivity contribution < 1.29 is 0 Å². The van der Waals surface area contributed by atoms with Crippen molar-refractivity contribution in [3.8, 4) is 0 Å². The fourth-order valence-electron chi connectivity index (χ4n) is 1.94. The smallest absolute Gasteiger partial charge is 0.0534 e. The first-order valence-corrected chi connectivity index (χ1v) is 7.26. The molecule has 2 aromatic heterocycles. The van der Waals surface area contributed by atoms with Crippen LogP contribution in [0, 0.1) is 0 Å². The standard InChI is InChI=1S/C14H21N3S/c1-4-17-10-12(9-16-17)8-15-11-14(2,3)13-6-5-7-18-13/h5-7,9-10,15H,4,8,11H2,1-3H3. The molecule has 0 fully saturated rings. The highest BCUT2D eigenvalue weighted by molar-refractivity contribution is 7.10. The van der Waals surface area contributed by atoms with Crippen molar-refractivity contribution in [1.29, 1.82) is 0 Å². The number of aromatic nitrogens is 2. The molecule has 3 nitrogen and oxygen atoms in total. The van der Waals surface area contributed by atoms with Crippen molar-refractivity contribution in [3.63, 3.8) is 0 Å². The van der Waals surface area contributed by atoms with E-state index in [9.17, 15) is 0 Å². The molecule has 1 N–H and O–H groups in total. The molecule has 0 saturated carbocycles. The van der Waals surface area contributed by atoms with Gasteiger partial charge in [-0.1, -0.05) is 19.9 Å². The molecular formula is C14H21N3S. The van der Waals surface area contributed by atoms with Crippen LogP contribution in [0.5, 0.6) is 0 Å². The Bertz CT molecular complexity index is 471. The first kappa shape index (κ1) is 13.3. The Kier molecular flexibility index (Phi) is 4.19. The van der Waals surface area contributed by atoms with Gasteiger partial charge in [0.1, 0.15) is 0 Å².